The summed E-state index contributed by atoms with van der Waals surface area (Å²) in [6.07, 6.45) is 3.47. The zero-order valence-electron chi connectivity index (χ0n) is 19.4. The number of ether oxygens (including phenoxy) is 2. The molecule has 2 aromatic carbocycles. The fraction of sp³-hybridized carbons (Fsp3) is 0.240. The van der Waals surface area contributed by atoms with Gasteiger partial charge in [0.15, 0.2) is 16.7 Å². The van der Waals surface area contributed by atoms with Crippen molar-refractivity contribution in [2.75, 3.05) is 19.0 Å². The standard InChI is InChI=1S/C25H23F3N2O5S/c1-3-4-5-9-35-20-8-6-7-15(22(20)28)19-13-36-25(29-19)30-23(31)14-10-17(26)16(18(27)11-14)12-21(34-2)24(32)33/h6-8,10-13H,3-5,9H2,1-2H3,(H,32,33)(H,29,30,31)/b21-12+. The lowest BCUT2D eigenvalue weighted by atomic mass is 10.1. The van der Waals surface area contributed by atoms with Gasteiger partial charge in [0, 0.05) is 28.1 Å². The molecule has 0 spiro atoms. The maximum Gasteiger partial charge on any atom is 0.371 e. The highest BCUT2D eigenvalue weighted by Gasteiger charge is 2.19. The highest BCUT2D eigenvalue weighted by molar-refractivity contribution is 7.14. The number of benzene rings is 2. The van der Waals surface area contributed by atoms with E-state index in [1.807, 2.05) is 0 Å². The summed E-state index contributed by atoms with van der Waals surface area (Å²) in [6, 6.07) is 6.19. The average Bonchev–Trinajstić information content (AvgIpc) is 3.30. The molecule has 190 valence electrons. The van der Waals surface area contributed by atoms with Crippen molar-refractivity contribution in [2.45, 2.75) is 26.2 Å². The summed E-state index contributed by atoms with van der Waals surface area (Å²) in [7, 11) is 1.04. The van der Waals surface area contributed by atoms with Crippen LogP contribution in [0.25, 0.3) is 17.3 Å². The largest absolute Gasteiger partial charge is 0.490 e. The molecular weight excluding hydrogens is 497 g/mol. The Labute approximate surface area is 209 Å². The Morgan fingerprint density at radius 3 is 2.53 bits per heavy atom. The van der Waals surface area contributed by atoms with Crippen LogP contribution in [-0.4, -0.2) is 35.7 Å². The zero-order chi connectivity index (χ0) is 26.2. The van der Waals surface area contributed by atoms with Crippen molar-refractivity contribution in [2.24, 2.45) is 0 Å². The molecule has 36 heavy (non-hydrogen) atoms. The van der Waals surface area contributed by atoms with E-state index < -0.39 is 40.7 Å². The number of carboxylic acid groups (broad SMARTS) is 1. The molecule has 0 radical (unpaired) electrons. The minimum atomic E-state index is -1.51. The number of nitrogens with one attached hydrogen (secondary N) is 1. The summed E-state index contributed by atoms with van der Waals surface area (Å²) < 4.78 is 53.9. The highest BCUT2D eigenvalue weighted by Crippen LogP contribution is 2.32. The number of thiazole rings is 1. The quantitative estimate of drug-likeness (QED) is 0.180. The topological polar surface area (TPSA) is 97.8 Å². The van der Waals surface area contributed by atoms with Crippen LogP contribution in [0.1, 0.15) is 42.1 Å². The van der Waals surface area contributed by atoms with Gasteiger partial charge in [-0.3, -0.25) is 10.1 Å². The molecule has 11 heteroatoms. The van der Waals surface area contributed by atoms with Gasteiger partial charge >= 0.3 is 5.97 Å². The van der Waals surface area contributed by atoms with E-state index in [1.54, 1.807) is 6.07 Å². The molecule has 2 N–H and O–H groups in total. The molecule has 3 aromatic rings. The van der Waals surface area contributed by atoms with Crippen LogP contribution in [0.3, 0.4) is 0 Å². The van der Waals surface area contributed by atoms with Crippen LogP contribution in [0.2, 0.25) is 0 Å². The maximum atomic E-state index is 14.9. The summed E-state index contributed by atoms with van der Waals surface area (Å²) in [5.41, 5.74) is -0.595. The van der Waals surface area contributed by atoms with Crippen LogP contribution >= 0.6 is 11.3 Å². The van der Waals surface area contributed by atoms with Crippen LogP contribution in [-0.2, 0) is 9.53 Å². The lowest BCUT2D eigenvalue weighted by Crippen LogP contribution is -2.13. The van der Waals surface area contributed by atoms with Crippen molar-refractivity contribution in [3.63, 3.8) is 0 Å². The Kier molecular flexibility index (Phi) is 9.07. The van der Waals surface area contributed by atoms with Crippen molar-refractivity contribution < 1.29 is 37.3 Å². The van der Waals surface area contributed by atoms with Crippen LogP contribution in [0.5, 0.6) is 5.75 Å². The van der Waals surface area contributed by atoms with Gasteiger partial charge in [0.2, 0.25) is 5.76 Å². The van der Waals surface area contributed by atoms with E-state index in [0.29, 0.717) is 12.7 Å². The average molecular weight is 521 g/mol. The smallest absolute Gasteiger partial charge is 0.371 e. The first-order chi connectivity index (χ1) is 17.2. The SMILES string of the molecule is CCCCCOc1cccc(-c2csc(NC(=O)c3cc(F)c(/C=C(/OC)C(=O)O)c(F)c3)n2)c1F. The molecule has 1 heterocycles. The second-order valence-electron chi connectivity index (χ2n) is 7.54. The number of carbonyl (C=O) groups is 2. The normalized spacial score (nSPS) is 11.3. The fourth-order valence-corrected chi connectivity index (χ4v) is 3.88. The van der Waals surface area contributed by atoms with E-state index in [1.165, 1.54) is 17.5 Å². The summed E-state index contributed by atoms with van der Waals surface area (Å²) in [5.74, 6) is -5.85. The van der Waals surface area contributed by atoms with Gasteiger partial charge in [0.25, 0.3) is 5.91 Å². The fourth-order valence-electron chi connectivity index (χ4n) is 3.17. The van der Waals surface area contributed by atoms with Crippen molar-refractivity contribution in [1.82, 2.24) is 4.98 Å². The lowest BCUT2D eigenvalue weighted by molar-refractivity contribution is -0.135. The second kappa shape index (κ2) is 12.2. The summed E-state index contributed by atoms with van der Waals surface area (Å²) in [4.78, 5) is 27.8. The summed E-state index contributed by atoms with van der Waals surface area (Å²) in [5, 5.41) is 13.0. The van der Waals surface area contributed by atoms with Crippen molar-refractivity contribution in [3.05, 3.63) is 70.0 Å². The third-order valence-electron chi connectivity index (χ3n) is 5.02. The molecule has 1 amide bonds. The van der Waals surface area contributed by atoms with Crippen molar-refractivity contribution >= 4 is 34.4 Å². The minimum absolute atomic E-state index is 0.0843. The van der Waals surface area contributed by atoms with Crippen molar-refractivity contribution in [3.8, 4) is 17.0 Å². The lowest BCUT2D eigenvalue weighted by Gasteiger charge is -2.09. The number of hydrogen-bond acceptors (Lipinski definition) is 6. The highest BCUT2D eigenvalue weighted by atomic mass is 32.1. The summed E-state index contributed by atoms with van der Waals surface area (Å²) >= 11 is 1.00. The molecule has 0 atom stereocenters. The first kappa shape index (κ1) is 26.7. The molecule has 0 saturated carbocycles. The Bertz CT molecular complexity index is 1270. The van der Waals surface area contributed by atoms with Gasteiger partial charge in [0.05, 0.1) is 19.4 Å². The van der Waals surface area contributed by atoms with Gasteiger partial charge in [-0.1, -0.05) is 25.8 Å². The second-order valence-corrected chi connectivity index (χ2v) is 8.39. The number of hydrogen-bond donors (Lipinski definition) is 2. The van der Waals surface area contributed by atoms with Gasteiger partial charge in [-0.05, 0) is 30.7 Å². The molecule has 1 aromatic heterocycles. The Morgan fingerprint density at radius 2 is 1.89 bits per heavy atom. The van der Waals surface area contributed by atoms with E-state index in [2.05, 4.69) is 22.0 Å². The number of halogens is 3. The van der Waals surface area contributed by atoms with Gasteiger partial charge in [-0.25, -0.2) is 22.9 Å². The molecule has 0 fully saturated rings. The van der Waals surface area contributed by atoms with Gasteiger partial charge in [0.1, 0.15) is 11.6 Å². The first-order valence-electron chi connectivity index (χ1n) is 10.9. The first-order valence-corrected chi connectivity index (χ1v) is 11.8. The molecule has 0 aliphatic carbocycles. The molecule has 0 unspecified atom stereocenters. The monoisotopic (exact) mass is 520 g/mol. The van der Waals surface area contributed by atoms with Gasteiger partial charge in [-0.2, -0.15) is 0 Å². The molecule has 3 rings (SSSR count). The number of anilines is 1. The number of aliphatic carboxylic acids is 1. The summed E-state index contributed by atoms with van der Waals surface area (Å²) in [6.45, 7) is 2.44. The number of unbranched alkanes of at least 4 members (excludes halogenated alkanes) is 2. The predicted octanol–water partition coefficient (Wildman–Crippen LogP) is 6.12. The third-order valence-corrected chi connectivity index (χ3v) is 5.77. The Hall–Kier alpha value is -3.86. The number of carboxylic acids is 1. The van der Waals surface area contributed by atoms with Crippen LogP contribution < -0.4 is 10.1 Å². The molecular formula is C25H23F3N2O5S. The predicted molar refractivity (Wildman–Crippen MR) is 129 cm³/mol. The molecule has 0 aliphatic heterocycles. The number of rotatable bonds is 11. The number of nitrogens with zero attached hydrogens (tertiary/aromatic N) is 1. The Morgan fingerprint density at radius 1 is 1.17 bits per heavy atom. The zero-order valence-corrected chi connectivity index (χ0v) is 20.3. The number of carbonyl (C=O) groups excluding carboxylic acids is 1. The van der Waals surface area contributed by atoms with E-state index in [0.717, 1.165) is 49.8 Å². The molecule has 0 bridgehead atoms. The molecule has 0 saturated heterocycles. The molecule has 0 aliphatic rings. The van der Waals surface area contributed by atoms with Gasteiger partial charge in [-0.15, -0.1) is 11.3 Å². The number of amides is 1. The van der Waals surface area contributed by atoms with Crippen LogP contribution in [0, 0.1) is 17.5 Å². The van der Waals surface area contributed by atoms with E-state index >= 15 is 0 Å². The number of methoxy groups -OCH3 is 1. The van der Waals surface area contributed by atoms with Crippen LogP contribution in [0.4, 0.5) is 18.3 Å². The molecule has 7 nitrogen and oxygen atoms in total. The maximum absolute atomic E-state index is 14.9. The minimum Gasteiger partial charge on any atom is -0.490 e. The van der Waals surface area contributed by atoms with E-state index in [-0.39, 0.29) is 27.7 Å². The Balaban J connectivity index is 1.76. The van der Waals surface area contributed by atoms with E-state index in [4.69, 9.17) is 9.84 Å². The number of aromatic nitrogens is 1. The van der Waals surface area contributed by atoms with Crippen molar-refractivity contribution in [1.29, 1.82) is 0 Å². The van der Waals surface area contributed by atoms with Gasteiger partial charge < -0.3 is 14.6 Å². The van der Waals surface area contributed by atoms with E-state index in [9.17, 15) is 22.8 Å². The van der Waals surface area contributed by atoms with Crippen LogP contribution in [0.15, 0.2) is 41.5 Å². The third kappa shape index (κ3) is 6.42.